The van der Waals surface area contributed by atoms with E-state index in [0.29, 0.717) is 17.3 Å². The molecule has 1 N–H and O–H groups in total. The standard InChI is InChI=1S/C26H24N6O3/c1-4-31-25(33)30-24(32(26(31)34)16-19-10-8-17(2)9-11-19)29-20-12-13-22(18(3)14-20)35-23-7-5-6-21(15-27)28-23/h5-14H,4,16H2,1-3H3,(H,29,30,33). The van der Waals surface area contributed by atoms with Crippen LogP contribution in [0.5, 0.6) is 11.6 Å². The van der Waals surface area contributed by atoms with Gasteiger partial charge >= 0.3 is 11.4 Å². The number of hydrogen-bond donors (Lipinski definition) is 1. The van der Waals surface area contributed by atoms with Crippen LogP contribution in [0, 0.1) is 25.2 Å². The van der Waals surface area contributed by atoms with Crippen LogP contribution in [0.4, 0.5) is 11.6 Å². The lowest BCUT2D eigenvalue weighted by molar-refractivity contribution is 0.459. The second kappa shape index (κ2) is 10.1. The predicted octanol–water partition coefficient (Wildman–Crippen LogP) is 3.89. The van der Waals surface area contributed by atoms with Crippen LogP contribution in [0.2, 0.25) is 0 Å². The Balaban J connectivity index is 1.65. The third kappa shape index (κ3) is 5.28. The Morgan fingerprint density at radius 1 is 1.00 bits per heavy atom. The number of aryl methyl sites for hydroxylation is 2. The molecule has 0 aliphatic carbocycles. The summed E-state index contributed by atoms with van der Waals surface area (Å²) < 4.78 is 8.38. The van der Waals surface area contributed by atoms with Crippen molar-refractivity contribution in [2.45, 2.75) is 33.9 Å². The largest absolute Gasteiger partial charge is 0.439 e. The van der Waals surface area contributed by atoms with Crippen molar-refractivity contribution in [3.05, 3.63) is 104 Å². The summed E-state index contributed by atoms with van der Waals surface area (Å²) in [6, 6.07) is 20.1. The fraction of sp³-hybridized carbons (Fsp3) is 0.192. The summed E-state index contributed by atoms with van der Waals surface area (Å²) in [5.74, 6) is 1.02. The number of aromatic nitrogens is 4. The van der Waals surface area contributed by atoms with Crippen molar-refractivity contribution in [3.63, 3.8) is 0 Å². The molecule has 0 atom stereocenters. The molecule has 0 spiro atoms. The predicted molar refractivity (Wildman–Crippen MR) is 132 cm³/mol. The molecule has 2 aromatic carbocycles. The van der Waals surface area contributed by atoms with Crippen LogP contribution in [-0.2, 0) is 13.1 Å². The maximum absolute atomic E-state index is 13.1. The number of pyridine rings is 1. The number of nitrogens with one attached hydrogen (secondary N) is 1. The normalized spacial score (nSPS) is 10.6. The molecule has 0 radical (unpaired) electrons. The van der Waals surface area contributed by atoms with Crippen LogP contribution in [0.3, 0.4) is 0 Å². The molecule has 9 nitrogen and oxygen atoms in total. The zero-order valence-electron chi connectivity index (χ0n) is 19.6. The van der Waals surface area contributed by atoms with Gasteiger partial charge in [-0.25, -0.2) is 19.1 Å². The molecule has 35 heavy (non-hydrogen) atoms. The molecule has 0 unspecified atom stereocenters. The van der Waals surface area contributed by atoms with Crippen molar-refractivity contribution in [2.24, 2.45) is 0 Å². The summed E-state index contributed by atoms with van der Waals surface area (Å²) in [6.45, 7) is 6.07. The molecule has 0 amide bonds. The van der Waals surface area contributed by atoms with Gasteiger partial charge in [0, 0.05) is 18.3 Å². The number of hydrogen-bond acceptors (Lipinski definition) is 7. The molecule has 2 aromatic heterocycles. The lowest BCUT2D eigenvalue weighted by Gasteiger charge is -2.16. The highest BCUT2D eigenvalue weighted by Crippen LogP contribution is 2.27. The topological polar surface area (TPSA) is 115 Å². The van der Waals surface area contributed by atoms with Crippen molar-refractivity contribution in [1.82, 2.24) is 19.1 Å². The molecule has 0 saturated heterocycles. The van der Waals surface area contributed by atoms with Crippen molar-refractivity contribution in [1.29, 1.82) is 5.26 Å². The Kier molecular flexibility index (Phi) is 6.73. The van der Waals surface area contributed by atoms with Crippen LogP contribution in [0.15, 0.2) is 70.3 Å². The molecule has 9 heteroatoms. The number of benzene rings is 2. The SMILES string of the molecule is CCn1c(=O)nc(Nc2ccc(Oc3cccc(C#N)n3)c(C)c2)n(Cc2ccc(C)cc2)c1=O. The second-order valence-corrected chi connectivity index (χ2v) is 8.00. The number of nitrogens with zero attached hydrogens (tertiary/aromatic N) is 5. The molecular weight excluding hydrogens is 444 g/mol. The van der Waals surface area contributed by atoms with E-state index in [-0.39, 0.29) is 24.7 Å². The minimum absolute atomic E-state index is 0.154. The second-order valence-electron chi connectivity index (χ2n) is 8.00. The average Bonchev–Trinajstić information content (AvgIpc) is 2.85. The average molecular weight is 469 g/mol. The molecule has 0 bridgehead atoms. The van der Waals surface area contributed by atoms with E-state index in [0.717, 1.165) is 21.3 Å². The zero-order valence-corrected chi connectivity index (χ0v) is 19.6. The molecule has 176 valence electrons. The van der Waals surface area contributed by atoms with Gasteiger partial charge in [0.1, 0.15) is 17.5 Å². The van der Waals surface area contributed by atoms with Gasteiger partial charge in [-0.2, -0.15) is 10.2 Å². The summed E-state index contributed by atoms with van der Waals surface area (Å²) in [6.07, 6.45) is 0. The fourth-order valence-corrected chi connectivity index (χ4v) is 3.53. The molecular formula is C26H24N6O3. The molecule has 2 heterocycles. The molecule has 0 saturated carbocycles. The van der Waals surface area contributed by atoms with Crippen LogP contribution in [0.1, 0.15) is 29.3 Å². The Hall–Kier alpha value is -4.71. The van der Waals surface area contributed by atoms with Gasteiger partial charge in [0.05, 0.1) is 6.54 Å². The monoisotopic (exact) mass is 468 g/mol. The van der Waals surface area contributed by atoms with Crippen LogP contribution >= 0.6 is 0 Å². The van der Waals surface area contributed by atoms with Gasteiger partial charge in [0.25, 0.3) is 0 Å². The summed E-state index contributed by atoms with van der Waals surface area (Å²) in [4.78, 5) is 33.8. The van der Waals surface area contributed by atoms with E-state index in [2.05, 4.69) is 15.3 Å². The summed E-state index contributed by atoms with van der Waals surface area (Å²) in [7, 11) is 0. The van der Waals surface area contributed by atoms with E-state index in [9.17, 15) is 9.59 Å². The minimum Gasteiger partial charge on any atom is -0.439 e. The zero-order chi connectivity index (χ0) is 24.9. The quantitative estimate of drug-likeness (QED) is 0.437. The highest BCUT2D eigenvalue weighted by atomic mass is 16.5. The van der Waals surface area contributed by atoms with Gasteiger partial charge in [-0.05, 0) is 56.2 Å². The summed E-state index contributed by atoms with van der Waals surface area (Å²) in [5.41, 5.74) is 2.66. The van der Waals surface area contributed by atoms with E-state index in [1.54, 1.807) is 37.3 Å². The Bertz CT molecular complexity index is 1530. The fourth-order valence-electron chi connectivity index (χ4n) is 3.53. The van der Waals surface area contributed by atoms with Gasteiger partial charge in [-0.3, -0.25) is 4.57 Å². The number of nitriles is 1. The molecule has 4 aromatic rings. The molecule has 0 aliphatic rings. The van der Waals surface area contributed by atoms with Crippen molar-refractivity contribution in [2.75, 3.05) is 5.32 Å². The van der Waals surface area contributed by atoms with Crippen molar-refractivity contribution >= 4 is 11.6 Å². The van der Waals surface area contributed by atoms with E-state index in [1.165, 1.54) is 4.57 Å². The number of ether oxygens (including phenoxy) is 1. The van der Waals surface area contributed by atoms with E-state index < -0.39 is 11.4 Å². The van der Waals surface area contributed by atoms with E-state index in [4.69, 9.17) is 10.00 Å². The lowest BCUT2D eigenvalue weighted by Crippen LogP contribution is -2.42. The lowest BCUT2D eigenvalue weighted by atomic mass is 10.1. The summed E-state index contributed by atoms with van der Waals surface area (Å²) >= 11 is 0. The van der Waals surface area contributed by atoms with Crippen molar-refractivity contribution in [3.8, 4) is 17.7 Å². The summed E-state index contributed by atoms with van der Waals surface area (Å²) in [5, 5.41) is 12.1. The highest BCUT2D eigenvalue weighted by Gasteiger charge is 2.14. The first-order chi connectivity index (χ1) is 16.9. The van der Waals surface area contributed by atoms with Gasteiger partial charge in [0.15, 0.2) is 0 Å². The molecule has 0 fully saturated rings. The van der Waals surface area contributed by atoms with Gasteiger partial charge < -0.3 is 10.1 Å². The Morgan fingerprint density at radius 2 is 1.77 bits per heavy atom. The third-order valence-corrected chi connectivity index (χ3v) is 5.41. The smallest absolute Gasteiger partial charge is 0.354 e. The van der Waals surface area contributed by atoms with Gasteiger partial charge in [-0.1, -0.05) is 35.9 Å². The Labute approximate surface area is 201 Å². The molecule has 4 rings (SSSR count). The maximum atomic E-state index is 13.1. The molecule has 0 aliphatic heterocycles. The third-order valence-electron chi connectivity index (χ3n) is 5.41. The minimum atomic E-state index is -0.611. The maximum Gasteiger partial charge on any atom is 0.354 e. The van der Waals surface area contributed by atoms with E-state index >= 15 is 0 Å². The first-order valence-corrected chi connectivity index (χ1v) is 11.1. The number of anilines is 2. The first-order valence-electron chi connectivity index (χ1n) is 11.1. The Morgan fingerprint density at radius 3 is 2.46 bits per heavy atom. The highest BCUT2D eigenvalue weighted by molar-refractivity contribution is 5.57. The van der Waals surface area contributed by atoms with E-state index in [1.807, 2.05) is 50.2 Å². The van der Waals surface area contributed by atoms with Crippen LogP contribution in [0.25, 0.3) is 0 Å². The van der Waals surface area contributed by atoms with Gasteiger partial charge in [0.2, 0.25) is 11.8 Å². The first kappa shape index (κ1) is 23.4. The van der Waals surface area contributed by atoms with Crippen LogP contribution < -0.4 is 21.4 Å². The van der Waals surface area contributed by atoms with Crippen molar-refractivity contribution < 1.29 is 4.74 Å². The van der Waals surface area contributed by atoms with Gasteiger partial charge in [-0.15, -0.1) is 0 Å². The van der Waals surface area contributed by atoms with Crippen LogP contribution in [-0.4, -0.2) is 19.1 Å². The number of rotatable bonds is 7.